The molecule has 0 radical (unpaired) electrons. The van der Waals surface area contributed by atoms with Gasteiger partial charge in [0.05, 0.1) is 24.2 Å². The van der Waals surface area contributed by atoms with Crippen LogP contribution in [-0.2, 0) is 19.6 Å². The molecular formula is C22H25ClN6O2. The summed E-state index contributed by atoms with van der Waals surface area (Å²) in [7, 11) is 0. The molecule has 0 bridgehead atoms. The summed E-state index contributed by atoms with van der Waals surface area (Å²) in [5, 5.41) is 18.8. The number of hydrogen-bond acceptors (Lipinski definition) is 6. The molecule has 1 saturated heterocycles. The molecule has 2 aliphatic rings. The van der Waals surface area contributed by atoms with Crippen LogP contribution < -0.4 is 4.90 Å². The Labute approximate surface area is 186 Å². The second kappa shape index (κ2) is 8.69. The van der Waals surface area contributed by atoms with Gasteiger partial charge < -0.3 is 14.9 Å². The number of halogens is 1. The van der Waals surface area contributed by atoms with E-state index >= 15 is 0 Å². The van der Waals surface area contributed by atoms with Gasteiger partial charge >= 0.3 is 6.09 Å². The Bertz CT molecular complexity index is 1050. The third-order valence-electron chi connectivity index (χ3n) is 6.26. The number of benzene rings is 1. The molecule has 1 aromatic carbocycles. The molecule has 3 heterocycles. The first-order chi connectivity index (χ1) is 14.9. The zero-order valence-corrected chi connectivity index (χ0v) is 18.4. The van der Waals surface area contributed by atoms with Crippen LogP contribution in [-0.4, -0.2) is 56.6 Å². The van der Waals surface area contributed by atoms with Crippen molar-refractivity contribution in [3.63, 3.8) is 0 Å². The number of piperazine rings is 1. The molecule has 9 heteroatoms. The molecule has 1 fully saturated rings. The maximum atomic E-state index is 11.5. The fraction of sp³-hybridized carbons (Fsp3) is 0.455. The van der Waals surface area contributed by atoms with Crippen molar-refractivity contribution in [2.24, 2.45) is 0 Å². The van der Waals surface area contributed by atoms with Gasteiger partial charge in [-0.1, -0.05) is 18.2 Å². The number of carbonyl (C=O) groups is 1. The predicted octanol–water partition coefficient (Wildman–Crippen LogP) is 3.34. The zero-order chi connectivity index (χ0) is 22.1. The topological polar surface area (TPSA) is 96.6 Å². The van der Waals surface area contributed by atoms with Crippen LogP contribution in [0.25, 0.3) is 0 Å². The molecule has 1 atom stereocenters. The highest BCUT2D eigenvalue weighted by Gasteiger charge is 2.34. The Balaban J connectivity index is 1.57. The van der Waals surface area contributed by atoms with Crippen LogP contribution in [0.15, 0.2) is 18.2 Å². The predicted molar refractivity (Wildman–Crippen MR) is 117 cm³/mol. The van der Waals surface area contributed by atoms with Crippen molar-refractivity contribution in [2.75, 3.05) is 24.5 Å². The van der Waals surface area contributed by atoms with E-state index in [2.05, 4.69) is 57.9 Å². The average molecular weight is 441 g/mol. The van der Waals surface area contributed by atoms with Crippen molar-refractivity contribution in [1.29, 1.82) is 5.26 Å². The Hall–Kier alpha value is -2.89. The average Bonchev–Trinajstić information content (AvgIpc) is 3.13. The van der Waals surface area contributed by atoms with E-state index in [1.165, 1.54) is 21.6 Å². The molecule has 8 nitrogen and oxygen atoms in total. The zero-order valence-electron chi connectivity index (χ0n) is 17.7. The lowest BCUT2D eigenvalue weighted by Gasteiger charge is -2.40. The number of carboxylic acid groups (broad SMARTS) is 1. The lowest BCUT2D eigenvalue weighted by atomic mass is 10.0. The third kappa shape index (κ3) is 4.29. The Morgan fingerprint density at radius 3 is 2.84 bits per heavy atom. The van der Waals surface area contributed by atoms with E-state index in [9.17, 15) is 9.90 Å². The number of amides is 1. The summed E-state index contributed by atoms with van der Waals surface area (Å²) < 4.78 is 0. The molecule has 1 aromatic heterocycles. The number of nitrogens with zero attached hydrogens (tertiary/aromatic N) is 6. The highest BCUT2D eigenvalue weighted by atomic mass is 35.5. The van der Waals surface area contributed by atoms with Gasteiger partial charge in [0.1, 0.15) is 5.82 Å². The first-order valence-corrected chi connectivity index (χ1v) is 10.7. The molecule has 1 amide bonds. The van der Waals surface area contributed by atoms with E-state index in [1.807, 2.05) is 0 Å². The van der Waals surface area contributed by atoms with Crippen LogP contribution >= 0.6 is 11.6 Å². The summed E-state index contributed by atoms with van der Waals surface area (Å²) in [5.74, 6) is 0.756. The van der Waals surface area contributed by atoms with Crippen LogP contribution in [0, 0.1) is 25.2 Å². The standard InChI is InChI=1S/C22H25ClN6O2/c1-14-4-3-5-16(15(14)2)10-27-12-18-19(13-27)25-21(23)26-20(18)28-8-9-29(22(30)31)17(11-28)6-7-24/h3-5,17H,6,8-13H2,1-2H3,(H,30,31). The number of nitriles is 1. The Kier molecular flexibility index (Phi) is 5.99. The van der Waals surface area contributed by atoms with E-state index < -0.39 is 12.1 Å². The molecule has 2 aromatic rings. The van der Waals surface area contributed by atoms with Gasteiger partial charge in [0.15, 0.2) is 0 Å². The Morgan fingerprint density at radius 1 is 1.29 bits per heavy atom. The van der Waals surface area contributed by atoms with Crippen LogP contribution in [0.4, 0.5) is 10.6 Å². The summed E-state index contributed by atoms with van der Waals surface area (Å²) in [5.41, 5.74) is 5.81. The minimum Gasteiger partial charge on any atom is -0.465 e. The van der Waals surface area contributed by atoms with E-state index in [-0.39, 0.29) is 11.7 Å². The maximum Gasteiger partial charge on any atom is 0.407 e. The first kappa shape index (κ1) is 21.3. The summed E-state index contributed by atoms with van der Waals surface area (Å²) >= 11 is 6.25. The molecule has 1 N–H and O–H groups in total. The van der Waals surface area contributed by atoms with Crippen molar-refractivity contribution in [3.8, 4) is 6.07 Å². The minimum atomic E-state index is -0.995. The van der Waals surface area contributed by atoms with E-state index in [0.29, 0.717) is 32.7 Å². The number of hydrogen-bond donors (Lipinski definition) is 1. The van der Waals surface area contributed by atoms with Crippen molar-refractivity contribution in [1.82, 2.24) is 19.8 Å². The fourth-order valence-electron chi connectivity index (χ4n) is 4.45. The summed E-state index contributed by atoms with van der Waals surface area (Å²) in [4.78, 5) is 26.2. The van der Waals surface area contributed by atoms with Gasteiger partial charge in [0.25, 0.3) is 0 Å². The van der Waals surface area contributed by atoms with Gasteiger partial charge in [0, 0.05) is 44.8 Å². The second-order valence-corrected chi connectivity index (χ2v) is 8.52. The number of fused-ring (bicyclic) bond motifs is 1. The molecular weight excluding hydrogens is 416 g/mol. The van der Waals surface area contributed by atoms with Crippen LogP contribution in [0.1, 0.15) is 34.4 Å². The first-order valence-electron chi connectivity index (χ1n) is 10.3. The third-order valence-corrected chi connectivity index (χ3v) is 6.43. The quantitative estimate of drug-likeness (QED) is 0.728. The lowest BCUT2D eigenvalue weighted by molar-refractivity contribution is 0.119. The van der Waals surface area contributed by atoms with Crippen molar-refractivity contribution < 1.29 is 9.90 Å². The minimum absolute atomic E-state index is 0.141. The van der Waals surface area contributed by atoms with E-state index in [0.717, 1.165) is 23.6 Å². The number of aryl methyl sites for hydroxylation is 1. The van der Waals surface area contributed by atoms with Crippen LogP contribution in [0.3, 0.4) is 0 Å². The van der Waals surface area contributed by atoms with Gasteiger partial charge in [-0.2, -0.15) is 5.26 Å². The molecule has 4 rings (SSSR count). The monoisotopic (exact) mass is 440 g/mol. The lowest BCUT2D eigenvalue weighted by Crippen LogP contribution is -2.55. The van der Waals surface area contributed by atoms with E-state index in [4.69, 9.17) is 16.9 Å². The van der Waals surface area contributed by atoms with Crippen molar-refractivity contribution >= 4 is 23.5 Å². The number of aromatic nitrogens is 2. The molecule has 1 unspecified atom stereocenters. The van der Waals surface area contributed by atoms with Crippen molar-refractivity contribution in [3.05, 3.63) is 51.4 Å². The van der Waals surface area contributed by atoms with Crippen LogP contribution in [0.2, 0.25) is 5.28 Å². The highest BCUT2D eigenvalue weighted by molar-refractivity contribution is 6.28. The Morgan fingerprint density at radius 2 is 2.10 bits per heavy atom. The van der Waals surface area contributed by atoms with Gasteiger partial charge in [-0.3, -0.25) is 4.90 Å². The normalized spacial score (nSPS) is 18.7. The van der Waals surface area contributed by atoms with E-state index in [1.54, 1.807) is 0 Å². The molecule has 162 valence electrons. The van der Waals surface area contributed by atoms with Gasteiger partial charge in [-0.15, -0.1) is 0 Å². The van der Waals surface area contributed by atoms with Crippen LogP contribution in [0.5, 0.6) is 0 Å². The summed E-state index contributed by atoms with van der Waals surface area (Å²) in [6, 6.07) is 8.07. The smallest absolute Gasteiger partial charge is 0.407 e. The van der Waals surface area contributed by atoms with Gasteiger partial charge in [0.2, 0.25) is 5.28 Å². The molecule has 2 aliphatic heterocycles. The second-order valence-electron chi connectivity index (χ2n) is 8.18. The summed E-state index contributed by atoms with van der Waals surface area (Å²) in [6.07, 6.45) is -0.853. The SMILES string of the molecule is Cc1cccc(CN2Cc3nc(Cl)nc(N4CCN(C(=O)O)C(CC#N)C4)c3C2)c1C. The molecule has 0 aliphatic carbocycles. The fourth-order valence-corrected chi connectivity index (χ4v) is 4.63. The highest BCUT2D eigenvalue weighted by Crippen LogP contribution is 2.33. The van der Waals surface area contributed by atoms with Gasteiger partial charge in [-0.05, 0) is 42.1 Å². The molecule has 31 heavy (non-hydrogen) atoms. The largest absolute Gasteiger partial charge is 0.465 e. The van der Waals surface area contributed by atoms with Crippen molar-refractivity contribution in [2.45, 2.75) is 45.9 Å². The maximum absolute atomic E-state index is 11.5. The molecule has 0 spiro atoms. The number of rotatable bonds is 4. The van der Waals surface area contributed by atoms with Gasteiger partial charge in [-0.25, -0.2) is 14.8 Å². The number of anilines is 1. The molecule has 0 saturated carbocycles. The summed E-state index contributed by atoms with van der Waals surface area (Å²) in [6.45, 7) is 7.71.